The summed E-state index contributed by atoms with van der Waals surface area (Å²) in [5.41, 5.74) is 0.646. The van der Waals surface area contributed by atoms with Crippen LogP contribution in [0.3, 0.4) is 0 Å². The van der Waals surface area contributed by atoms with Gasteiger partial charge in [0.05, 0.1) is 22.9 Å². The SMILES string of the molecule is CC1CCCC(CO)(Nc2ccncc2Cl)C1. The van der Waals surface area contributed by atoms with E-state index in [0.29, 0.717) is 10.9 Å². The summed E-state index contributed by atoms with van der Waals surface area (Å²) in [4.78, 5) is 3.97. The Balaban J connectivity index is 2.17. The van der Waals surface area contributed by atoms with E-state index in [-0.39, 0.29) is 12.1 Å². The van der Waals surface area contributed by atoms with Gasteiger partial charge in [-0.25, -0.2) is 0 Å². The minimum absolute atomic E-state index is 0.149. The molecule has 1 fully saturated rings. The number of aromatic nitrogens is 1. The number of pyridine rings is 1. The van der Waals surface area contributed by atoms with Crippen LogP contribution in [0, 0.1) is 5.92 Å². The first-order valence-corrected chi connectivity index (χ1v) is 6.51. The largest absolute Gasteiger partial charge is 0.394 e. The third kappa shape index (κ3) is 2.90. The zero-order valence-corrected chi connectivity index (χ0v) is 10.9. The van der Waals surface area contributed by atoms with Crippen molar-refractivity contribution in [3.63, 3.8) is 0 Å². The fraction of sp³-hybridized carbons (Fsp3) is 0.615. The van der Waals surface area contributed by atoms with Crippen LogP contribution in [0.15, 0.2) is 18.5 Å². The first kappa shape index (κ1) is 12.7. The molecule has 17 heavy (non-hydrogen) atoms. The fourth-order valence-electron chi connectivity index (χ4n) is 2.72. The molecule has 0 radical (unpaired) electrons. The van der Waals surface area contributed by atoms with E-state index < -0.39 is 0 Å². The lowest BCUT2D eigenvalue weighted by Crippen LogP contribution is -2.45. The molecule has 1 aliphatic rings. The summed E-state index contributed by atoms with van der Waals surface area (Å²) < 4.78 is 0. The smallest absolute Gasteiger partial charge is 0.0820 e. The molecule has 94 valence electrons. The zero-order chi connectivity index (χ0) is 12.3. The summed E-state index contributed by atoms with van der Waals surface area (Å²) >= 11 is 6.09. The molecule has 0 bridgehead atoms. The van der Waals surface area contributed by atoms with Gasteiger partial charge in [0.2, 0.25) is 0 Å². The van der Waals surface area contributed by atoms with E-state index in [0.717, 1.165) is 24.9 Å². The molecule has 3 nitrogen and oxygen atoms in total. The molecule has 0 spiro atoms. The molecule has 2 N–H and O–H groups in total. The van der Waals surface area contributed by atoms with Crippen molar-refractivity contribution in [2.75, 3.05) is 11.9 Å². The normalized spacial score (nSPS) is 29.0. The Kier molecular flexibility index (Phi) is 3.89. The maximum atomic E-state index is 9.69. The van der Waals surface area contributed by atoms with Crippen molar-refractivity contribution in [2.45, 2.75) is 38.1 Å². The standard InChI is InChI=1S/C13H19ClN2O/c1-10-3-2-5-13(7-10,9-17)16-12-4-6-15-8-11(12)14/h4,6,8,10,17H,2-3,5,7,9H2,1H3,(H,15,16). The number of aliphatic hydroxyl groups excluding tert-OH is 1. The average molecular weight is 255 g/mol. The molecule has 0 aromatic carbocycles. The van der Waals surface area contributed by atoms with E-state index in [9.17, 15) is 5.11 Å². The molecule has 0 aliphatic heterocycles. The Morgan fingerprint density at radius 3 is 3.12 bits per heavy atom. The van der Waals surface area contributed by atoms with Crippen LogP contribution < -0.4 is 5.32 Å². The minimum Gasteiger partial charge on any atom is -0.394 e. The topological polar surface area (TPSA) is 45.1 Å². The summed E-state index contributed by atoms with van der Waals surface area (Å²) in [5, 5.41) is 13.7. The van der Waals surface area contributed by atoms with E-state index in [1.54, 1.807) is 12.4 Å². The number of halogens is 1. The molecule has 1 aromatic heterocycles. The van der Waals surface area contributed by atoms with Crippen LogP contribution in [0.5, 0.6) is 0 Å². The van der Waals surface area contributed by atoms with Crippen LogP contribution in [-0.4, -0.2) is 22.2 Å². The van der Waals surface area contributed by atoms with Gasteiger partial charge in [0.1, 0.15) is 0 Å². The van der Waals surface area contributed by atoms with E-state index in [1.807, 2.05) is 6.07 Å². The van der Waals surface area contributed by atoms with Crippen molar-refractivity contribution in [3.8, 4) is 0 Å². The van der Waals surface area contributed by atoms with Crippen LogP contribution in [0.25, 0.3) is 0 Å². The number of hydrogen-bond donors (Lipinski definition) is 2. The second kappa shape index (κ2) is 5.23. The summed E-state index contributed by atoms with van der Waals surface area (Å²) in [6, 6.07) is 1.86. The quantitative estimate of drug-likeness (QED) is 0.871. The second-order valence-electron chi connectivity index (χ2n) is 5.12. The lowest BCUT2D eigenvalue weighted by atomic mass is 9.76. The maximum Gasteiger partial charge on any atom is 0.0820 e. The van der Waals surface area contributed by atoms with Gasteiger partial charge >= 0.3 is 0 Å². The van der Waals surface area contributed by atoms with Crippen LogP contribution in [0.1, 0.15) is 32.6 Å². The van der Waals surface area contributed by atoms with Crippen molar-refractivity contribution in [1.29, 1.82) is 0 Å². The van der Waals surface area contributed by atoms with Gasteiger partial charge in [-0.2, -0.15) is 0 Å². The van der Waals surface area contributed by atoms with Gasteiger partial charge in [-0.05, 0) is 24.8 Å². The first-order chi connectivity index (χ1) is 8.15. The molecule has 0 amide bonds. The van der Waals surface area contributed by atoms with Crippen molar-refractivity contribution >= 4 is 17.3 Å². The number of hydrogen-bond acceptors (Lipinski definition) is 3. The van der Waals surface area contributed by atoms with Crippen molar-refractivity contribution in [2.24, 2.45) is 5.92 Å². The summed E-state index contributed by atoms with van der Waals surface area (Å²) in [6.07, 6.45) is 7.71. The molecular formula is C13H19ClN2O. The predicted molar refractivity (Wildman–Crippen MR) is 70.3 cm³/mol. The molecule has 2 atom stereocenters. The lowest BCUT2D eigenvalue weighted by Gasteiger charge is -2.40. The van der Waals surface area contributed by atoms with Crippen molar-refractivity contribution in [1.82, 2.24) is 4.98 Å². The first-order valence-electron chi connectivity index (χ1n) is 6.14. The summed E-state index contributed by atoms with van der Waals surface area (Å²) in [5.74, 6) is 0.643. The van der Waals surface area contributed by atoms with Crippen molar-refractivity contribution < 1.29 is 5.11 Å². The van der Waals surface area contributed by atoms with Gasteiger partial charge in [-0.1, -0.05) is 31.4 Å². The number of nitrogens with zero attached hydrogens (tertiary/aromatic N) is 1. The van der Waals surface area contributed by atoms with Gasteiger partial charge in [0.15, 0.2) is 0 Å². The molecule has 1 aliphatic carbocycles. The Hall–Kier alpha value is -0.800. The maximum absolute atomic E-state index is 9.69. The monoisotopic (exact) mass is 254 g/mol. The lowest BCUT2D eigenvalue weighted by molar-refractivity contribution is 0.149. The third-order valence-corrected chi connectivity index (χ3v) is 3.87. The second-order valence-corrected chi connectivity index (χ2v) is 5.53. The van der Waals surface area contributed by atoms with E-state index in [4.69, 9.17) is 11.6 Å². The average Bonchev–Trinajstić information content (AvgIpc) is 2.32. The number of nitrogens with one attached hydrogen (secondary N) is 1. The highest BCUT2D eigenvalue weighted by atomic mass is 35.5. The van der Waals surface area contributed by atoms with E-state index >= 15 is 0 Å². The molecule has 1 aromatic rings. The third-order valence-electron chi connectivity index (χ3n) is 3.57. The summed E-state index contributed by atoms with van der Waals surface area (Å²) in [6.45, 7) is 2.38. The Morgan fingerprint density at radius 2 is 2.47 bits per heavy atom. The van der Waals surface area contributed by atoms with E-state index in [2.05, 4.69) is 17.2 Å². The van der Waals surface area contributed by atoms with Crippen LogP contribution in [-0.2, 0) is 0 Å². The Labute approximate surface area is 107 Å². The molecule has 1 heterocycles. The van der Waals surface area contributed by atoms with Gasteiger partial charge in [0, 0.05) is 12.4 Å². The fourth-order valence-corrected chi connectivity index (χ4v) is 2.89. The zero-order valence-electron chi connectivity index (χ0n) is 10.1. The molecule has 0 saturated heterocycles. The summed E-state index contributed by atoms with van der Waals surface area (Å²) in [7, 11) is 0. The highest BCUT2D eigenvalue weighted by molar-refractivity contribution is 6.33. The molecule has 2 unspecified atom stereocenters. The van der Waals surface area contributed by atoms with E-state index in [1.165, 1.54) is 6.42 Å². The van der Waals surface area contributed by atoms with Crippen LogP contribution >= 0.6 is 11.6 Å². The Bertz CT molecular complexity index is 385. The highest BCUT2D eigenvalue weighted by Gasteiger charge is 2.34. The van der Waals surface area contributed by atoms with Gasteiger partial charge in [-0.3, -0.25) is 4.98 Å². The number of rotatable bonds is 3. The molecule has 4 heteroatoms. The van der Waals surface area contributed by atoms with Gasteiger partial charge in [0.25, 0.3) is 0 Å². The minimum atomic E-state index is -0.220. The molecule has 1 saturated carbocycles. The van der Waals surface area contributed by atoms with Gasteiger partial charge in [-0.15, -0.1) is 0 Å². The van der Waals surface area contributed by atoms with Crippen LogP contribution in [0.2, 0.25) is 5.02 Å². The van der Waals surface area contributed by atoms with Gasteiger partial charge < -0.3 is 10.4 Å². The van der Waals surface area contributed by atoms with Crippen LogP contribution in [0.4, 0.5) is 5.69 Å². The predicted octanol–water partition coefficient (Wildman–Crippen LogP) is 3.09. The molecule has 2 rings (SSSR count). The number of anilines is 1. The Morgan fingerprint density at radius 1 is 1.65 bits per heavy atom. The number of aliphatic hydroxyl groups is 1. The molecular weight excluding hydrogens is 236 g/mol. The highest BCUT2D eigenvalue weighted by Crippen LogP contribution is 2.36. The van der Waals surface area contributed by atoms with Crippen molar-refractivity contribution in [3.05, 3.63) is 23.5 Å².